The van der Waals surface area contributed by atoms with Crippen LogP contribution in [0.25, 0.3) is 11.5 Å². The highest BCUT2D eigenvalue weighted by Crippen LogP contribution is 2.17. The molecule has 0 aliphatic rings. The summed E-state index contributed by atoms with van der Waals surface area (Å²) < 4.78 is 10.1. The van der Waals surface area contributed by atoms with Gasteiger partial charge in [-0.05, 0) is 52.0 Å². The van der Waals surface area contributed by atoms with Gasteiger partial charge in [0.2, 0.25) is 12.3 Å². The van der Waals surface area contributed by atoms with E-state index in [1.165, 1.54) is 25.5 Å². The first-order chi connectivity index (χ1) is 12.2. The van der Waals surface area contributed by atoms with E-state index in [0.29, 0.717) is 11.5 Å². The number of rotatable bonds is 4. The highest BCUT2D eigenvalue weighted by Gasteiger charge is 2.22. The smallest absolute Gasteiger partial charge is 0.338 e. The van der Waals surface area contributed by atoms with E-state index in [9.17, 15) is 14.4 Å². The van der Waals surface area contributed by atoms with Crippen molar-refractivity contribution in [1.29, 1.82) is 0 Å². The number of ether oxygens (including phenoxy) is 1. The minimum absolute atomic E-state index is 0.243. The van der Waals surface area contributed by atoms with Crippen LogP contribution >= 0.6 is 0 Å². The molecular formula is C17H20N4O5. The van der Waals surface area contributed by atoms with Crippen molar-refractivity contribution in [2.45, 2.75) is 39.3 Å². The number of esters is 1. The largest absolute Gasteiger partial charge is 0.449 e. The van der Waals surface area contributed by atoms with Crippen molar-refractivity contribution in [3.8, 4) is 11.5 Å². The fourth-order valence-corrected chi connectivity index (χ4v) is 1.92. The lowest BCUT2D eigenvalue weighted by Gasteiger charge is -2.21. The molecule has 0 saturated carbocycles. The van der Waals surface area contributed by atoms with Crippen LogP contribution in [0.2, 0.25) is 0 Å². The number of benzene rings is 1. The van der Waals surface area contributed by atoms with Crippen LogP contribution in [0.5, 0.6) is 0 Å². The summed E-state index contributed by atoms with van der Waals surface area (Å²) in [6.45, 7) is 6.71. The summed E-state index contributed by atoms with van der Waals surface area (Å²) in [5, 5.41) is 12.0. The van der Waals surface area contributed by atoms with Gasteiger partial charge < -0.3 is 14.5 Å². The summed E-state index contributed by atoms with van der Waals surface area (Å²) in [5.74, 6) is -1.09. The van der Waals surface area contributed by atoms with Gasteiger partial charge in [-0.1, -0.05) is 0 Å². The number of carbonyl (C=O) groups is 3. The highest BCUT2D eigenvalue weighted by atomic mass is 16.5. The van der Waals surface area contributed by atoms with Crippen molar-refractivity contribution in [3.05, 3.63) is 36.2 Å². The molecule has 1 atom stereocenters. The standard InChI is InChI=1S/C17H20N4O5/c1-10(13(22)19-16(24)20-17(2,3)4)26-15(23)12-7-5-11(6-8-12)14-21-18-9-25-14/h5-10H,1-4H3,(H2,19,20,22,24)/t10-/m1/s1. The van der Waals surface area contributed by atoms with Gasteiger partial charge in [0.25, 0.3) is 5.91 Å². The molecule has 2 rings (SSSR count). The van der Waals surface area contributed by atoms with E-state index in [2.05, 4.69) is 20.8 Å². The molecule has 0 aliphatic carbocycles. The molecule has 138 valence electrons. The number of hydrogen-bond donors (Lipinski definition) is 2. The van der Waals surface area contributed by atoms with Gasteiger partial charge in [0.1, 0.15) is 0 Å². The van der Waals surface area contributed by atoms with E-state index in [1.54, 1.807) is 32.9 Å². The fraction of sp³-hybridized carbons (Fsp3) is 0.353. The molecule has 2 aromatic rings. The molecule has 0 bridgehead atoms. The van der Waals surface area contributed by atoms with Gasteiger partial charge in [-0.25, -0.2) is 9.59 Å². The van der Waals surface area contributed by atoms with E-state index in [1.807, 2.05) is 0 Å². The lowest BCUT2D eigenvalue weighted by Crippen LogP contribution is -2.50. The van der Waals surface area contributed by atoms with Gasteiger partial charge in [0.15, 0.2) is 6.10 Å². The van der Waals surface area contributed by atoms with Crippen LogP contribution in [-0.2, 0) is 9.53 Å². The molecule has 0 saturated heterocycles. The van der Waals surface area contributed by atoms with Crippen LogP contribution < -0.4 is 10.6 Å². The first-order valence-electron chi connectivity index (χ1n) is 7.86. The average molecular weight is 360 g/mol. The number of urea groups is 1. The van der Waals surface area contributed by atoms with E-state index >= 15 is 0 Å². The van der Waals surface area contributed by atoms with Crippen molar-refractivity contribution in [1.82, 2.24) is 20.8 Å². The average Bonchev–Trinajstić information content (AvgIpc) is 3.07. The molecule has 9 heteroatoms. The molecule has 3 amide bonds. The third-order valence-corrected chi connectivity index (χ3v) is 3.11. The number of nitrogens with one attached hydrogen (secondary N) is 2. The van der Waals surface area contributed by atoms with Gasteiger partial charge in [0.05, 0.1) is 5.56 Å². The van der Waals surface area contributed by atoms with Crippen LogP contribution in [0, 0.1) is 0 Å². The summed E-state index contributed by atoms with van der Waals surface area (Å²) >= 11 is 0. The molecule has 0 spiro atoms. The molecule has 2 N–H and O–H groups in total. The Morgan fingerprint density at radius 3 is 2.35 bits per heavy atom. The van der Waals surface area contributed by atoms with Gasteiger partial charge >= 0.3 is 12.0 Å². The van der Waals surface area contributed by atoms with E-state index in [4.69, 9.17) is 9.15 Å². The SMILES string of the molecule is C[C@@H](OC(=O)c1ccc(-c2nnco2)cc1)C(=O)NC(=O)NC(C)(C)C. The number of imide groups is 1. The Bertz CT molecular complexity index is 778. The van der Waals surface area contributed by atoms with Gasteiger partial charge in [-0.2, -0.15) is 0 Å². The molecule has 0 fully saturated rings. The number of aromatic nitrogens is 2. The van der Waals surface area contributed by atoms with Gasteiger partial charge in [-0.3, -0.25) is 10.1 Å². The maximum Gasteiger partial charge on any atom is 0.338 e. The summed E-state index contributed by atoms with van der Waals surface area (Å²) in [6.07, 6.45) is 0.0667. The molecule has 26 heavy (non-hydrogen) atoms. The molecule has 9 nitrogen and oxygen atoms in total. The third-order valence-electron chi connectivity index (χ3n) is 3.11. The van der Waals surface area contributed by atoms with Crippen LogP contribution in [-0.4, -0.2) is 39.7 Å². The monoisotopic (exact) mass is 360 g/mol. The quantitative estimate of drug-likeness (QED) is 0.798. The maximum atomic E-state index is 12.1. The topological polar surface area (TPSA) is 123 Å². The molecule has 0 radical (unpaired) electrons. The van der Waals surface area contributed by atoms with Crippen LogP contribution in [0.3, 0.4) is 0 Å². The Kier molecular flexibility index (Phi) is 5.71. The Morgan fingerprint density at radius 2 is 1.81 bits per heavy atom. The van der Waals surface area contributed by atoms with E-state index in [-0.39, 0.29) is 5.56 Å². The lowest BCUT2D eigenvalue weighted by atomic mass is 10.1. The maximum absolute atomic E-state index is 12.1. The van der Waals surface area contributed by atoms with Gasteiger partial charge in [-0.15, -0.1) is 10.2 Å². The lowest BCUT2D eigenvalue weighted by molar-refractivity contribution is -0.127. The first kappa shape index (κ1) is 19.1. The van der Waals surface area contributed by atoms with Crippen LogP contribution in [0.1, 0.15) is 38.1 Å². The second-order valence-electron chi connectivity index (χ2n) is 6.56. The Hall–Kier alpha value is -3.23. The van der Waals surface area contributed by atoms with Crippen molar-refractivity contribution in [3.63, 3.8) is 0 Å². The minimum Gasteiger partial charge on any atom is -0.449 e. The number of nitrogens with zero attached hydrogens (tertiary/aromatic N) is 2. The first-order valence-corrected chi connectivity index (χ1v) is 7.86. The highest BCUT2D eigenvalue weighted by molar-refractivity contribution is 5.98. The zero-order chi connectivity index (χ0) is 19.3. The number of carbonyl (C=O) groups excluding carboxylic acids is 3. The van der Waals surface area contributed by atoms with Crippen molar-refractivity contribution >= 4 is 17.9 Å². The zero-order valence-corrected chi connectivity index (χ0v) is 14.9. The summed E-state index contributed by atoms with van der Waals surface area (Å²) in [6, 6.07) is 5.60. The normalized spacial score (nSPS) is 12.2. The van der Waals surface area contributed by atoms with Crippen molar-refractivity contribution in [2.75, 3.05) is 0 Å². The van der Waals surface area contributed by atoms with Crippen LogP contribution in [0.15, 0.2) is 35.1 Å². The molecule has 1 aromatic carbocycles. The number of hydrogen-bond acceptors (Lipinski definition) is 7. The van der Waals surface area contributed by atoms with E-state index < -0.39 is 29.6 Å². The third kappa shape index (κ3) is 5.40. The van der Waals surface area contributed by atoms with Gasteiger partial charge in [0, 0.05) is 11.1 Å². The molecule has 0 unspecified atom stereocenters. The van der Waals surface area contributed by atoms with Crippen molar-refractivity contribution in [2.24, 2.45) is 0 Å². The van der Waals surface area contributed by atoms with Crippen molar-refractivity contribution < 1.29 is 23.5 Å². The van der Waals surface area contributed by atoms with E-state index in [0.717, 1.165) is 0 Å². The predicted octanol–water partition coefficient (Wildman–Crippen LogP) is 1.91. The minimum atomic E-state index is -1.14. The molecule has 0 aliphatic heterocycles. The summed E-state index contributed by atoms with van der Waals surface area (Å²) in [4.78, 5) is 35.7. The van der Waals surface area contributed by atoms with Crippen LogP contribution in [0.4, 0.5) is 4.79 Å². The second kappa shape index (κ2) is 7.77. The second-order valence-corrected chi connectivity index (χ2v) is 6.56. The Labute approximate surface area is 150 Å². The molecular weight excluding hydrogens is 340 g/mol. The fourth-order valence-electron chi connectivity index (χ4n) is 1.92. The Morgan fingerprint density at radius 1 is 1.15 bits per heavy atom. The number of amides is 3. The molecule has 1 aromatic heterocycles. The summed E-state index contributed by atoms with van der Waals surface area (Å²) in [7, 11) is 0. The summed E-state index contributed by atoms with van der Waals surface area (Å²) in [5.41, 5.74) is 0.389. The Balaban J connectivity index is 1.92. The molecule has 1 heterocycles. The zero-order valence-electron chi connectivity index (χ0n) is 14.9. The predicted molar refractivity (Wildman–Crippen MR) is 91.0 cm³/mol.